The van der Waals surface area contributed by atoms with Crippen molar-refractivity contribution in [2.24, 2.45) is 5.92 Å². The van der Waals surface area contributed by atoms with Gasteiger partial charge in [0.1, 0.15) is 0 Å². The summed E-state index contributed by atoms with van der Waals surface area (Å²) in [7, 11) is 0. The lowest BCUT2D eigenvalue weighted by Crippen LogP contribution is -2.34. The molecular formula is C11H20N2OS. The molecule has 1 heterocycles. The van der Waals surface area contributed by atoms with Gasteiger partial charge in [-0.1, -0.05) is 13.8 Å². The summed E-state index contributed by atoms with van der Waals surface area (Å²) in [6.07, 6.45) is 0.806. The van der Waals surface area contributed by atoms with Crippen molar-refractivity contribution in [3.63, 3.8) is 0 Å². The number of rotatable bonds is 6. The van der Waals surface area contributed by atoms with Crippen LogP contribution in [0, 0.1) is 12.8 Å². The van der Waals surface area contributed by atoms with E-state index in [1.54, 1.807) is 11.3 Å². The highest BCUT2D eigenvalue weighted by Crippen LogP contribution is 2.10. The molecule has 0 bridgehead atoms. The Morgan fingerprint density at radius 3 is 2.73 bits per heavy atom. The van der Waals surface area contributed by atoms with Crippen LogP contribution >= 0.6 is 11.3 Å². The van der Waals surface area contributed by atoms with Crippen molar-refractivity contribution in [3.05, 3.63) is 16.1 Å². The van der Waals surface area contributed by atoms with Gasteiger partial charge in [-0.15, -0.1) is 11.3 Å². The lowest BCUT2D eigenvalue weighted by molar-refractivity contribution is 0.243. The Labute approximate surface area is 95.6 Å². The molecule has 0 aliphatic heterocycles. The van der Waals surface area contributed by atoms with E-state index >= 15 is 0 Å². The molecule has 1 aromatic heterocycles. The van der Waals surface area contributed by atoms with Gasteiger partial charge in [-0.05, 0) is 19.3 Å². The van der Waals surface area contributed by atoms with E-state index in [1.165, 1.54) is 0 Å². The largest absolute Gasteiger partial charge is 0.396 e. The summed E-state index contributed by atoms with van der Waals surface area (Å²) in [6, 6.07) is 0.372. The predicted molar refractivity (Wildman–Crippen MR) is 64.0 cm³/mol. The van der Waals surface area contributed by atoms with Crippen LogP contribution < -0.4 is 5.32 Å². The number of aliphatic hydroxyl groups is 1. The topological polar surface area (TPSA) is 45.2 Å². The molecule has 0 aliphatic rings. The van der Waals surface area contributed by atoms with Gasteiger partial charge in [0, 0.05) is 24.6 Å². The van der Waals surface area contributed by atoms with Gasteiger partial charge < -0.3 is 10.4 Å². The highest BCUT2D eigenvalue weighted by Gasteiger charge is 2.12. The monoisotopic (exact) mass is 228 g/mol. The van der Waals surface area contributed by atoms with Crippen LogP contribution in [0.4, 0.5) is 0 Å². The lowest BCUT2D eigenvalue weighted by atomic mass is 10.0. The normalized spacial score (nSPS) is 13.4. The maximum Gasteiger partial charge on any atom is 0.0897 e. The molecule has 0 aromatic carbocycles. The first-order valence-corrected chi connectivity index (χ1v) is 6.26. The van der Waals surface area contributed by atoms with Crippen molar-refractivity contribution in [2.45, 2.75) is 39.8 Å². The molecular weight excluding hydrogens is 208 g/mol. The molecule has 0 saturated carbocycles. The van der Waals surface area contributed by atoms with Crippen LogP contribution in [0.15, 0.2) is 5.38 Å². The molecule has 4 heteroatoms. The number of hydrogen-bond acceptors (Lipinski definition) is 4. The Kier molecular flexibility index (Phi) is 5.22. The summed E-state index contributed by atoms with van der Waals surface area (Å²) in [6.45, 7) is 7.39. The molecule has 0 radical (unpaired) electrons. The third kappa shape index (κ3) is 4.28. The number of nitrogens with one attached hydrogen (secondary N) is 1. The minimum absolute atomic E-state index is 0.242. The van der Waals surface area contributed by atoms with Crippen molar-refractivity contribution in [3.8, 4) is 0 Å². The first kappa shape index (κ1) is 12.6. The second kappa shape index (κ2) is 6.20. The average Bonchev–Trinajstić information content (AvgIpc) is 2.58. The van der Waals surface area contributed by atoms with Crippen LogP contribution in [0.5, 0.6) is 0 Å². The number of thiazole rings is 1. The fourth-order valence-corrected chi connectivity index (χ4v) is 2.15. The standard InChI is InChI=1S/C11H20N2OS/c1-8(2)11(4-5-14)12-6-10-7-15-9(3)13-10/h7-8,11-12,14H,4-6H2,1-3H3. The fraction of sp³-hybridized carbons (Fsp3) is 0.727. The van der Waals surface area contributed by atoms with E-state index in [4.69, 9.17) is 5.11 Å². The fourth-order valence-electron chi connectivity index (χ4n) is 1.54. The van der Waals surface area contributed by atoms with Gasteiger partial charge in [0.15, 0.2) is 0 Å². The zero-order valence-electron chi connectivity index (χ0n) is 9.66. The second-order valence-electron chi connectivity index (χ2n) is 4.10. The van der Waals surface area contributed by atoms with Crippen LogP contribution in [0.25, 0.3) is 0 Å². The molecule has 0 spiro atoms. The van der Waals surface area contributed by atoms with Crippen molar-refractivity contribution < 1.29 is 5.11 Å². The van der Waals surface area contributed by atoms with Crippen molar-refractivity contribution >= 4 is 11.3 Å². The molecule has 0 aliphatic carbocycles. The van der Waals surface area contributed by atoms with Crippen LogP contribution in [-0.2, 0) is 6.54 Å². The average molecular weight is 228 g/mol. The zero-order chi connectivity index (χ0) is 11.3. The van der Waals surface area contributed by atoms with E-state index in [9.17, 15) is 0 Å². The highest BCUT2D eigenvalue weighted by atomic mass is 32.1. The number of nitrogens with zero attached hydrogens (tertiary/aromatic N) is 1. The van der Waals surface area contributed by atoms with Crippen molar-refractivity contribution in [1.82, 2.24) is 10.3 Å². The maximum atomic E-state index is 8.93. The van der Waals surface area contributed by atoms with E-state index < -0.39 is 0 Å². The Bertz CT molecular complexity index is 286. The molecule has 2 N–H and O–H groups in total. The van der Waals surface area contributed by atoms with Gasteiger partial charge in [-0.3, -0.25) is 0 Å². The molecule has 3 nitrogen and oxygen atoms in total. The predicted octanol–water partition coefficient (Wildman–Crippen LogP) is 1.95. The quantitative estimate of drug-likeness (QED) is 0.782. The number of aliphatic hydroxyl groups excluding tert-OH is 1. The lowest BCUT2D eigenvalue weighted by Gasteiger charge is -2.20. The Morgan fingerprint density at radius 1 is 1.53 bits per heavy atom. The molecule has 0 amide bonds. The number of aryl methyl sites for hydroxylation is 1. The SMILES string of the molecule is Cc1nc(CNC(CCO)C(C)C)cs1. The van der Waals surface area contributed by atoms with E-state index in [-0.39, 0.29) is 6.61 Å². The molecule has 1 atom stereocenters. The summed E-state index contributed by atoms with van der Waals surface area (Å²) >= 11 is 1.68. The van der Waals surface area contributed by atoms with Crippen molar-refractivity contribution in [1.29, 1.82) is 0 Å². The molecule has 0 saturated heterocycles. The minimum atomic E-state index is 0.242. The molecule has 86 valence electrons. The summed E-state index contributed by atoms with van der Waals surface area (Å²) in [5.41, 5.74) is 1.10. The van der Waals surface area contributed by atoms with Gasteiger partial charge in [-0.2, -0.15) is 0 Å². The first-order chi connectivity index (χ1) is 7.13. The van der Waals surface area contributed by atoms with Gasteiger partial charge in [0.2, 0.25) is 0 Å². The molecule has 1 aromatic rings. The van der Waals surface area contributed by atoms with Gasteiger partial charge >= 0.3 is 0 Å². The van der Waals surface area contributed by atoms with E-state index in [0.29, 0.717) is 12.0 Å². The molecule has 15 heavy (non-hydrogen) atoms. The van der Waals surface area contributed by atoms with Gasteiger partial charge in [0.05, 0.1) is 10.7 Å². The van der Waals surface area contributed by atoms with Crippen molar-refractivity contribution in [2.75, 3.05) is 6.61 Å². The smallest absolute Gasteiger partial charge is 0.0897 e. The van der Waals surface area contributed by atoms with Crippen LogP contribution in [0.3, 0.4) is 0 Å². The maximum absolute atomic E-state index is 8.93. The zero-order valence-corrected chi connectivity index (χ0v) is 10.5. The number of hydrogen-bond donors (Lipinski definition) is 2. The Hall–Kier alpha value is -0.450. The van der Waals surface area contributed by atoms with Gasteiger partial charge in [0.25, 0.3) is 0 Å². The second-order valence-corrected chi connectivity index (χ2v) is 5.16. The first-order valence-electron chi connectivity index (χ1n) is 5.38. The summed E-state index contributed by atoms with van der Waals surface area (Å²) < 4.78 is 0. The van der Waals surface area contributed by atoms with E-state index in [2.05, 4.69) is 29.5 Å². The van der Waals surface area contributed by atoms with Crippen LogP contribution in [0.2, 0.25) is 0 Å². The summed E-state index contributed by atoms with van der Waals surface area (Å²) in [4.78, 5) is 4.40. The number of aromatic nitrogens is 1. The summed E-state index contributed by atoms with van der Waals surface area (Å²) in [5, 5.41) is 15.6. The molecule has 0 fully saturated rings. The third-order valence-electron chi connectivity index (χ3n) is 2.46. The minimum Gasteiger partial charge on any atom is -0.396 e. The highest BCUT2D eigenvalue weighted by molar-refractivity contribution is 7.09. The molecule has 1 unspecified atom stereocenters. The van der Waals surface area contributed by atoms with E-state index in [0.717, 1.165) is 23.7 Å². The molecule has 1 rings (SSSR count). The van der Waals surface area contributed by atoms with E-state index in [1.807, 2.05) is 6.92 Å². The Morgan fingerprint density at radius 2 is 2.27 bits per heavy atom. The van der Waals surface area contributed by atoms with Crippen LogP contribution in [0.1, 0.15) is 31.0 Å². The van der Waals surface area contributed by atoms with Crippen LogP contribution in [-0.4, -0.2) is 22.7 Å². The van der Waals surface area contributed by atoms with Gasteiger partial charge in [-0.25, -0.2) is 4.98 Å². The summed E-state index contributed by atoms with van der Waals surface area (Å²) in [5.74, 6) is 0.539. The third-order valence-corrected chi connectivity index (χ3v) is 3.28. The Balaban J connectivity index is 2.39.